The summed E-state index contributed by atoms with van der Waals surface area (Å²) < 4.78 is 3.27. The van der Waals surface area contributed by atoms with E-state index in [0.29, 0.717) is 38.9 Å². The van der Waals surface area contributed by atoms with Gasteiger partial charge in [-0.15, -0.1) is 16.8 Å². The van der Waals surface area contributed by atoms with Crippen LogP contribution in [0.5, 0.6) is 5.75 Å². The molecule has 35 heavy (non-hydrogen) atoms. The number of nitrogens with zero attached hydrogens (tertiary/aromatic N) is 6. The zero-order chi connectivity index (χ0) is 24.4. The number of fused-ring (bicyclic) bond motifs is 3. The summed E-state index contributed by atoms with van der Waals surface area (Å²) in [6.07, 6.45) is 4.63. The number of benzene rings is 2. The summed E-state index contributed by atoms with van der Waals surface area (Å²) in [7, 11) is 0. The van der Waals surface area contributed by atoms with Crippen molar-refractivity contribution in [1.82, 2.24) is 29.1 Å². The molecule has 0 fully saturated rings. The van der Waals surface area contributed by atoms with E-state index in [1.807, 2.05) is 12.1 Å². The largest absolute Gasteiger partial charge is 0.508 e. The third-order valence-corrected chi connectivity index (χ3v) is 6.09. The second-order valence-electron chi connectivity index (χ2n) is 7.52. The summed E-state index contributed by atoms with van der Waals surface area (Å²) in [5.74, 6) is 0.720. The molecule has 0 aliphatic carbocycles. The van der Waals surface area contributed by atoms with Gasteiger partial charge in [0, 0.05) is 12.1 Å². The quantitative estimate of drug-likeness (QED) is 0.266. The summed E-state index contributed by atoms with van der Waals surface area (Å²) in [4.78, 5) is 34.0. The van der Waals surface area contributed by atoms with Gasteiger partial charge in [-0.2, -0.15) is 0 Å². The highest BCUT2D eigenvalue weighted by molar-refractivity contribution is 7.99. The molecule has 10 nitrogen and oxygen atoms in total. The third-order valence-electron chi connectivity index (χ3n) is 5.16. The molecule has 11 heteroatoms. The molecule has 0 atom stereocenters. The molecule has 0 aliphatic heterocycles. The van der Waals surface area contributed by atoms with Crippen LogP contribution in [0.1, 0.15) is 0 Å². The highest BCUT2D eigenvalue weighted by Gasteiger charge is 2.17. The predicted octanol–water partition coefficient (Wildman–Crippen LogP) is 3.12. The number of amides is 1. The number of thioether (sulfide) groups is 1. The van der Waals surface area contributed by atoms with E-state index in [4.69, 9.17) is 0 Å². The van der Waals surface area contributed by atoms with Crippen LogP contribution in [0.15, 0.2) is 83.5 Å². The average molecular weight is 486 g/mol. The molecule has 0 saturated carbocycles. The minimum atomic E-state index is -0.274. The van der Waals surface area contributed by atoms with Gasteiger partial charge in [0.2, 0.25) is 11.7 Å². The van der Waals surface area contributed by atoms with Gasteiger partial charge in [-0.25, -0.2) is 9.97 Å². The lowest BCUT2D eigenvalue weighted by Crippen LogP contribution is -2.22. The Bertz CT molecular complexity index is 1630. The molecular formula is C24H19N7O3S. The number of anilines is 1. The lowest BCUT2D eigenvalue weighted by Gasteiger charge is -2.09. The first-order valence-electron chi connectivity index (χ1n) is 10.6. The number of hydrogen-bond donors (Lipinski definition) is 2. The molecule has 3 heterocycles. The smallest absolute Gasteiger partial charge is 0.263 e. The number of carbonyl (C=O) groups is 1. The van der Waals surface area contributed by atoms with E-state index in [0.717, 1.165) is 0 Å². The molecule has 0 aliphatic rings. The predicted molar refractivity (Wildman–Crippen MR) is 133 cm³/mol. The van der Waals surface area contributed by atoms with Gasteiger partial charge >= 0.3 is 0 Å². The molecule has 1 amide bonds. The highest BCUT2D eigenvalue weighted by Crippen LogP contribution is 2.23. The van der Waals surface area contributed by atoms with E-state index < -0.39 is 0 Å². The van der Waals surface area contributed by atoms with Gasteiger partial charge in [-0.1, -0.05) is 42.1 Å². The van der Waals surface area contributed by atoms with Crippen LogP contribution in [0.3, 0.4) is 0 Å². The van der Waals surface area contributed by atoms with Gasteiger partial charge in [0.15, 0.2) is 11.0 Å². The number of aromatic nitrogens is 6. The number of allylic oxidation sites excluding steroid dienone is 1. The van der Waals surface area contributed by atoms with Crippen LogP contribution in [0.2, 0.25) is 0 Å². The summed E-state index contributed by atoms with van der Waals surface area (Å²) in [5.41, 5.74) is 1.59. The summed E-state index contributed by atoms with van der Waals surface area (Å²) in [6, 6.07) is 13.8. The molecule has 0 spiro atoms. The van der Waals surface area contributed by atoms with Crippen LogP contribution in [0.4, 0.5) is 5.69 Å². The van der Waals surface area contributed by atoms with E-state index in [9.17, 15) is 14.7 Å². The second kappa shape index (κ2) is 9.39. The Hall–Kier alpha value is -4.51. The van der Waals surface area contributed by atoms with E-state index in [1.165, 1.54) is 28.7 Å². The number of nitrogens with one attached hydrogen (secondary N) is 1. The van der Waals surface area contributed by atoms with Gasteiger partial charge in [0.25, 0.3) is 5.56 Å². The zero-order valence-corrected chi connectivity index (χ0v) is 19.1. The van der Waals surface area contributed by atoms with Crippen molar-refractivity contribution in [2.45, 2.75) is 11.7 Å². The van der Waals surface area contributed by atoms with Crippen molar-refractivity contribution in [2.75, 3.05) is 11.1 Å². The molecule has 5 rings (SSSR count). The van der Waals surface area contributed by atoms with Crippen molar-refractivity contribution in [1.29, 1.82) is 0 Å². The maximum atomic E-state index is 12.9. The number of phenolic OH excluding ortho intramolecular Hbond substituents is 1. The molecule has 2 aromatic carbocycles. The van der Waals surface area contributed by atoms with Gasteiger partial charge in [-0.3, -0.25) is 18.6 Å². The molecule has 0 unspecified atom stereocenters. The lowest BCUT2D eigenvalue weighted by atomic mass is 10.2. The Morgan fingerprint density at radius 1 is 1.11 bits per heavy atom. The monoisotopic (exact) mass is 485 g/mol. The van der Waals surface area contributed by atoms with E-state index in [-0.39, 0.29) is 29.5 Å². The van der Waals surface area contributed by atoms with Crippen molar-refractivity contribution >= 4 is 40.0 Å². The van der Waals surface area contributed by atoms with Gasteiger partial charge in [-0.05, 0) is 24.3 Å². The van der Waals surface area contributed by atoms with Crippen molar-refractivity contribution < 1.29 is 9.90 Å². The number of aromatic hydroxyl groups is 1. The highest BCUT2D eigenvalue weighted by atomic mass is 32.2. The standard InChI is InChI=1S/C24H19N7O3S/c1-2-10-30-22(34)18-8-3-4-9-19(18)31-23(30)28-29-24(31)35-14-20(33)27-16-12-25-21(26-13-16)15-6-5-7-17(32)11-15/h2-9,11-13,32H,1,10,14H2,(H,27,33). The Morgan fingerprint density at radius 2 is 1.91 bits per heavy atom. The van der Waals surface area contributed by atoms with Crippen LogP contribution in [0.25, 0.3) is 28.1 Å². The van der Waals surface area contributed by atoms with Crippen molar-refractivity contribution in [3.8, 4) is 17.1 Å². The Kier molecular flexibility index (Phi) is 5.98. The molecule has 5 aromatic rings. The van der Waals surface area contributed by atoms with Crippen LogP contribution in [0, 0.1) is 0 Å². The van der Waals surface area contributed by atoms with Crippen LogP contribution in [-0.4, -0.2) is 45.9 Å². The maximum Gasteiger partial charge on any atom is 0.263 e. The fourth-order valence-corrected chi connectivity index (χ4v) is 4.37. The van der Waals surface area contributed by atoms with E-state index >= 15 is 0 Å². The maximum absolute atomic E-state index is 12.9. The number of rotatable bonds is 7. The van der Waals surface area contributed by atoms with Crippen LogP contribution < -0.4 is 10.9 Å². The van der Waals surface area contributed by atoms with Crippen molar-refractivity contribution in [2.24, 2.45) is 0 Å². The van der Waals surface area contributed by atoms with E-state index in [1.54, 1.807) is 46.9 Å². The first-order chi connectivity index (χ1) is 17.0. The first-order valence-corrected chi connectivity index (χ1v) is 11.6. The van der Waals surface area contributed by atoms with Crippen molar-refractivity contribution in [3.63, 3.8) is 0 Å². The molecule has 3 aromatic heterocycles. The Morgan fingerprint density at radius 3 is 2.69 bits per heavy atom. The summed E-state index contributed by atoms with van der Waals surface area (Å²) >= 11 is 1.20. The Balaban J connectivity index is 1.35. The van der Waals surface area contributed by atoms with Crippen molar-refractivity contribution in [3.05, 3.63) is 83.9 Å². The van der Waals surface area contributed by atoms with Gasteiger partial charge in [0.1, 0.15) is 5.75 Å². The molecule has 0 radical (unpaired) electrons. The third kappa shape index (κ3) is 4.36. The molecule has 0 saturated heterocycles. The fourth-order valence-electron chi connectivity index (χ4n) is 3.63. The van der Waals surface area contributed by atoms with Gasteiger partial charge in [0.05, 0.1) is 34.7 Å². The summed E-state index contributed by atoms with van der Waals surface area (Å²) in [6.45, 7) is 4.01. The normalized spacial score (nSPS) is 11.1. The SMILES string of the molecule is C=CCn1c(=O)c2ccccc2n2c(SCC(=O)Nc3cnc(-c4cccc(O)c4)nc3)nnc12. The number of hydrogen-bond acceptors (Lipinski definition) is 8. The number of carbonyl (C=O) groups excluding carboxylic acids is 1. The van der Waals surface area contributed by atoms with Gasteiger partial charge < -0.3 is 10.4 Å². The summed E-state index contributed by atoms with van der Waals surface area (Å²) in [5, 5.41) is 21.8. The van der Waals surface area contributed by atoms with Crippen LogP contribution in [-0.2, 0) is 11.3 Å². The average Bonchev–Trinajstić information content (AvgIpc) is 3.30. The zero-order valence-electron chi connectivity index (χ0n) is 18.3. The lowest BCUT2D eigenvalue weighted by molar-refractivity contribution is -0.113. The molecule has 2 N–H and O–H groups in total. The van der Waals surface area contributed by atoms with Crippen LogP contribution >= 0.6 is 11.8 Å². The topological polar surface area (TPSA) is 127 Å². The molecule has 0 bridgehead atoms. The second-order valence-corrected chi connectivity index (χ2v) is 8.46. The molecule has 174 valence electrons. The van der Waals surface area contributed by atoms with E-state index in [2.05, 4.69) is 32.1 Å². The number of phenols is 1. The first kappa shape index (κ1) is 22.3. The Labute approximate surface area is 203 Å². The minimum Gasteiger partial charge on any atom is -0.508 e. The minimum absolute atomic E-state index is 0.0595. The molecular weight excluding hydrogens is 466 g/mol. The number of para-hydroxylation sites is 1. The fraction of sp³-hybridized carbons (Fsp3) is 0.0833.